The van der Waals surface area contributed by atoms with Gasteiger partial charge in [0.15, 0.2) is 9.84 Å². The zero-order valence-corrected chi connectivity index (χ0v) is 16.4. The predicted molar refractivity (Wildman–Crippen MR) is 108 cm³/mol. The van der Waals surface area contributed by atoms with Crippen molar-refractivity contribution in [3.8, 4) is 5.75 Å². The molecule has 0 aliphatic carbocycles. The van der Waals surface area contributed by atoms with E-state index >= 15 is 0 Å². The lowest BCUT2D eigenvalue weighted by molar-refractivity contribution is 0.0943. The molecule has 0 aliphatic heterocycles. The molecule has 3 aromatic carbocycles. The van der Waals surface area contributed by atoms with Crippen LogP contribution in [0.3, 0.4) is 0 Å². The molecule has 1 atom stereocenters. The highest BCUT2D eigenvalue weighted by molar-refractivity contribution is 7.90. The van der Waals surface area contributed by atoms with Crippen molar-refractivity contribution in [1.29, 1.82) is 0 Å². The van der Waals surface area contributed by atoms with E-state index in [1.54, 1.807) is 7.11 Å². The summed E-state index contributed by atoms with van der Waals surface area (Å²) in [4.78, 5) is 13.0. The predicted octanol–water partition coefficient (Wildman–Crippen LogP) is 3.62. The second kappa shape index (κ2) is 8.27. The van der Waals surface area contributed by atoms with Gasteiger partial charge < -0.3 is 10.1 Å². The molecule has 0 bridgehead atoms. The Hall–Kier alpha value is -3.12. The average Bonchev–Trinajstić information content (AvgIpc) is 2.72. The third-order valence-electron chi connectivity index (χ3n) is 4.40. The fraction of sp³-hybridized carbons (Fsp3) is 0.136. The van der Waals surface area contributed by atoms with E-state index in [0.717, 1.165) is 23.1 Å². The highest BCUT2D eigenvalue weighted by atomic mass is 32.2. The number of carbonyl (C=O) groups excluding carboxylic acids is 1. The Morgan fingerprint density at radius 2 is 1.43 bits per heavy atom. The molecule has 144 valence electrons. The van der Waals surface area contributed by atoms with Crippen LogP contribution in [0.4, 0.5) is 0 Å². The number of hydrogen-bond donors (Lipinski definition) is 1. The van der Waals surface area contributed by atoms with Gasteiger partial charge in [-0.05, 0) is 47.5 Å². The summed E-state index contributed by atoms with van der Waals surface area (Å²) in [5, 5.41) is 3.03. The first-order valence-electron chi connectivity index (χ1n) is 8.68. The number of hydrogen-bond acceptors (Lipinski definition) is 4. The maximum absolute atomic E-state index is 12.8. The topological polar surface area (TPSA) is 72.5 Å². The Balaban J connectivity index is 1.89. The summed E-state index contributed by atoms with van der Waals surface area (Å²) in [6.07, 6.45) is 1.14. The van der Waals surface area contributed by atoms with E-state index in [4.69, 9.17) is 4.74 Å². The molecule has 0 unspecified atom stereocenters. The Labute approximate surface area is 164 Å². The molecular formula is C22H21NO4S. The highest BCUT2D eigenvalue weighted by Crippen LogP contribution is 2.24. The van der Waals surface area contributed by atoms with E-state index in [9.17, 15) is 13.2 Å². The van der Waals surface area contributed by atoms with Crippen LogP contribution in [0.25, 0.3) is 0 Å². The standard InChI is InChI=1S/C22H21NO4S/c1-27-19-12-8-17(9-13-19)21(16-6-4-3-5-7-16)23-22(24)18-10-14-20(15-11-18)28(2,25)26/h3-15,21H,1-2H3,(H,23,24)/t21-/m1/s1. The van der Waals surface area contributed by atoms with Gasteiger partial charge in [0.25, 0.3) is 5.91 Å². The monoisotopic (exact) mass is 395 g/mol. The van der Waals surface area contributed by atoms with Crippen LogP contribution >= 0.6 is 0 Å². The third kappa shape index (κ3) is 4.58. The van der Waals surface area contributed by atoms with E-state index < -0.39 is 9.84 Å². The van der Waals surface area contributed by atoms with Gasteiger partial charge in [-0.25, -0.2) is 8.42 Å². The highest BCUT2D eigenvalue weighted by Gasteiger charge is 2.18. The van der Waals surface area contributed by atoms with E-state index in [0.29, 0.717) is 5.56 Å². The summed E-state index contributed by atoms with van der Waals surface area (Å²) in [6, 6.07) is 22.7. The number of benzene rings is 3. The summed E-state index contributed by atoms with van der Waals surface area (Å²) in [6.45, 7) is 0. The molecule has 6 heteroatoms. The van der Waals surface area contributed by atoms with Gasteiger partial charge in [-0.1, -0.05) is 42.5 Å². The zero-order valence-electron chi connectivity index (χ0n) is 15.6. The molecule has 3 aromatic rings. The van der Waals surface area contributed by atoms with Gasteiger partial charge in [-0.3, -0.25) is 4.79 Å². The first-order valence-corrected chi connectivity index (χ1v) is 10.6. The Morgan fingerprint density at radius 1 is 0.857 bits per heavy atom. The lowest BCUT2D eigenvalue weighted by Gasteiger charge is -2.20. The zero-order chi connectivity index (χ0) is 20.1. The number of ether oxygens (including phenoxy) is 1. The van der Waals surface area contributed by atoms with Crippen LogP contribution in [0.15, 0.2) is 83.8 Å². The van der Waals surface area contributed by atoms with Crippen LogP contribution in [0.2, 0.25) is 0 Å². The summed E-state index contributed by atoms with van der Waals surface area (Å²) < 4.78 is 28.4. The van der Waals surface area contributed by atoms with Gasteiger partial charge in [0.2, 0.25) is 0 Å². The SMILES string of the molecule is COc1ccc([C@H](NC(=O)c2ccc(S(C)(=O)=O)cc2)c2ccccc2)cc1. The van der Waals surface area contributed by atoms with Gasteiger partial charge in [-0.15, -0.1) is 0 Å². The van der Waals surface area contributed by atoms with E-state index in [1.165, 1.54) is 24.3 Å². The summed E-state index contributed by atoms with van der Waals surface area (Å²) >= 11 is 0. The van der Waals surface area contributed by atoms with Gasteiger partial charge in [0.1, 0.15) is 5.75 Å². The molecule has 5 nitrogen and oxygen atoms in total. The van der Waals surface area contributed by atoms with Crippen molar-refractivity contribution in [3.05, 3.63) is 95.6 Å². The Morgan fingerprint density at radius 3 is 1.96 bits per heavy atom. The van der Waals surface area contributed by atoms with Gasteiger partial charge in [-0.2, -0.15) is 0 Å². The van der Waals surface area contributed by atoms with Crippen LogP contribution in [0, 0.1) is 0 Å². The quantitative estimate of drug-likeness (QED) is 0.692. The van der Waals surface area contributed by atoms with Crippen LogP contribution in [0.1, 0.15) is 27.5 Å². The van der Waals surface area contributed by atoms with E-state index in [1.807, 2.05) is 54.6 Å². The normalized spacial score (nSPS) is 12.2. The smallest absolute Gasteiger partial charge is 0.252 e. The summed E-state index contributed by atoms with van der Waals surface area (Å²) in [5.74, 6) is 0.447. The molecule has 0 saturated carbocycles. The van der Waals surface area contributed by atoms with Gasteiger partial charge >= 0.3 is 0 Å². The molecule has 1 N–H and O–H groups in total. The molecule has 28 heavy (non-hydrogen) atoms. The first kappa shape index (κ1) is 19.6. The largest absolute Gasteiger partial charge is 0.497 e. The maximum Gasteiger partial charge on any atom is 0.252 e. The molecule has 0 heterocycles. The number of nitrogens with one attached hydrogen (secondary N) is 1. The molecule has 0 fully saturated rings. The lowest BCUT2D eigenvalue weighted by atomic mass is 9.98. The lowest BCUT2D eigenvalue weighted by Crippen LogP contribution is -2.29. The third-order valence-corrected chi connectivity index (χ3v) is 5.53. The van der Waals surface area contributed by atoms with Crippen molar-refractivity contribution in [3.63, 3.8) is 0 Å². The van der Waals surface area contributed by atoms with Crippen LogP contribution in [-0.4, -0.2) is 27.7 Å². The fourth-order valence-electron chi connectivity index (χ4n) is 2.87. The number of amides is 1. The molecule has 0 radical (unpaired) electrons. The van der Waals surface area contributed by atoms with Crippen molar-refractivity contribution in [2.45, 2.75) is 10.9 Å². The molecule has 0 aliphatic rings. The van der Waals surface area contributed by atoms with Gasteiger partial charge in [0, 0.05) is 11.8 Å². The van der Waals surface area contributed by atoms with Crippen molar-refractivity contribution in [1.82, 2.24) is 5.32 Å². The first-order chi connectivity index (χ1) is 13.4. The fourth-order valence-corrected chi connectivity index (χ4v) is 3.50. The van der Waals surface area contributed by atoms with Crippen molar-refractivity contribution in [2.24, 2.45) is 0 Å². The molecule has 0 spiro atoms. The number of carbonyl (C=O) groups is 1. The number of methoxy groups -OCH3 is 1. The molecular weight excluding hydrogens is 374 g/mol. The molecule has 3 rings (SSSR count). The second-order valence-electron chi connectivity index (χ2n) is 6.39. The minimum atomic E-state index is -3.30. The van der Waals surface area contributed by atoms with Crippen LogP contribution in [-0.2, 0) is 9.84 Å². The molecule has 0 saturated heterocycles. The Bertz CT molecular complexity index is 1040. The minimum absolute atomic E-state index is 0.179. The van der Waals surface area contributed by atoms with Crippen molar-refractivity contribution < 1.29 is 17.9 Å². The average molecular weight is 395 g/mol. The molecule has 0 aromatic heterocycles. The second-order valence-corrected chi connectivity index (χ2v) is 8.40. The summed E-state index contributed by atoms with van der Waals surface area (Å²) in [7, 11) is -1.70. The van der Waals surface area contributed by atoms with Gasteiger partial charge in [0.05, 0.1) is 18.0 Å². The van der Waals surface area contributed by atoms with E-state index in [-0.39, 0.29) is 16.8 Å². The van der Waals surface area contributed by atoms with E-state index in [2.05, 4.69) is 5.32 Å². The Kier molecular flexibility index (Phi) is 5.80. The number of sulfone groups is 1. The minimum Gasteiger partial charge on any atom is -0.497 e. The van der Waals surface area contributed by atoms with Crippen LogP contribution in [0.5, 0.6) is 5.75 Å². The van der Waals surface area contributed by atoms with Crippen molar-refractivity contribution in [2.75, 3.05) is 13.4 Å². The van der Waals surface area contributed by atoms with Crippen molar-refractivity contribution >= 4 is 15.7 Å². The number of rotatable bonds is 6. The maximum atomic E-state index is 12.8. The molecule has 1 amide bonds. The van der Waals surface area contributed by atoms with Crippen LogP contribution < -0.4 is 10.1 Å². The summed E-state index contributed by atoms with van der Waals surface area (Å²) in [5.41, 5.74) is 2.24.